The number of hydrogen-bond acceptors (Lipinski definition) is 3. The van der Waals surface area contributed by atoms with Gasteiger partial charge in [0.2, 0.25) is 0 Å². The van der Waals surface area contributed by atoms with Crippen LogP contribution >= 0.6 is 0 Å². The molecule has 1 atom stereocenters. The largest absolute Gasteiger partial charge is 0.386 e. The number of aromatic nitrogens is 2. The van der Waals surface area contributed by atoms with Gasteiger partial charge in [-0.25, -0.2) is 0 Å². The van der Waals surface area contributed by atoms with Gasteiger partial charge in [0.25, 0.3) is 0 Å². The third-order valence-corrected chi connectivity index (χ3v) is 2.39. The van der Waals surface area contributed by atoms with Crippen molar-refractivity contribution < 1.29 is 5.11 Å². The zero-order valence-electron chi connectivity index (χ0n) is 8.38. The summed E-state index contributed by atoms with van der Waals surface area (Å²) in [6.45, 7) is 0. The minimum Gasteiger partial charge on any atom is -0.386 e. The predicted molar refractivity (Wildman–Crippen MR) is 55.9 cm³/mol. The standard InChI is InChI=1S/C11H11N3O/c1-14-9-5-3-2-4-8(9)11(13-14)10(15)6-7-12/h2-5,10,15H,6H2,1H3. The molecular formula is C11H11N3O. The van der Waals surface area contributed by atoms with Gasteiger partial charge in [-0.1, -0.05) is 18.2 Å². The van der Waals surface area contributed by atoms with Crippen molar-refractivity contribution in [2.45, 2.75) is 12.5 Å². The molecule has 76 valence electrons. The maximum Gasteiger partial charge on any atom is 0.111 e. The molecule has 1 aromatic carbocycles. The van der Waals surface area contributed by atoms with Crippen LogP contribution in [0, 0.1) is 11.3 Å². The lowest BCUT2D eigenvalue weighted by Crippen LogP contribution is -1.98. The summed E-state index contributed by atoms with van der Waals surface area (Å²) in [6.07, 6.45) is -0.734. The zero-order valence-corrected chi connectivity index (χ0v) is 8.38. The normalized spacial score (nSPS) is 12.6. The number of hydrogen-bond donors (Lipinski definition) is 1. The van der Waals surface area contributed by atoms with Crippen LogP contribution < -0.4 is 0 Å². The number of fused-ring (bicyclic) bond motifs is 1. The van der Waals surface area contributed by atoms with Crippen LogP contribution in [0.4, 0.5) is 0 Å². The number of benzene rings is 1. The van der Waals surface area contributed by atoms with E-state index in [9.17, 15) is 5.11 Å². The number of rotatable bonds is 2. The van der Waals surface area contributed by atoms with E-state index < -0.39 is 6.10 Å². The van der Waals surface area contributed by atoms with Crippen LogP contribution in [-0.2, 0) is 7.05 Å². The average molecular weight is 201 g/mol. The molecule has 0 aliphatic rings. The number of aryl methyl sites for hydroxylation is 1. The third kappa shape index (κ3) is 1.58. The minimum atomic E-state index is -0.805. The van der Waals surface area contributed by atoms with Crippen molar-refractivity contribution in [2.24, 2.45) is 7.05 Å². The highest BCUT2D eigenvalue weighted by atomic mass is 16.3. The monoisotopic (exact) mass is 201 g/mol. The van der Waals surface area contributed by atoms with E-state index in [2.05, 4.69) is 5.10 Å². The van der Waals surface area contributed by atoms with Gasteiger partial charge in [0.15, 0.2) is 0 Å². The number of aliphatic hydroxyl groups is 1. The molecular weight excluding hydrogens is 190 g/mol. The molecule has 0 radical (unpaired) electrons. The molecule has 0 spiro atoms. The molecule has 1 aromatic heterocycles. The molecule has 0 aliphatic carbocycles. The summed E-state index contributed by atoms with van der Waals surface area (Å²) < 4.78 is 1.71. The van der Waals surface area contributed by atoms with Gasteiger partial charge in [-0.15, -0.1) is 0 Å². The van der Waals surface area contributed by atoms with Crippen LogP contribution in [-0.4, -0.2) is 14.9 Å². The second kappa shape index (κ2) is 3.71. The van der Waals surface area contributed by atoms with E-state index in [4.69, 9.17) is 5.26 Å². The quantitative estimate of drug-likeness (QED) is 0.801. The first-order valence-electron chi connectivity index (χ1n) is 4.70. The maximum atomic E-state index is 9.73. The van der Waals surface area contributed by atoms with Crippen molar-refractivity contribution in [3.8, 4) is 6.07 Å². The molecule has 1 heterocycles. The van der Waals surface area contributed by atoms with E-state index in [1.165, 1.54) is 0 Å². The lowest BCUT2D eigenvalue weighted by molar-refractivity contribution is 0.179. The molecule has 4 nitrogen and oxygen atoms in total. The van der Waals surface area contributed by atoms with E-state index in [0.717, 1.165) is 10.9 Å². The molecule has 0 fully saturated rings. The first-order chi connectivity index (χ1) is 7.24. The Morgan fingerprint density at radius 2 is 2.27 bits per heavy atom. The topological polar surface area (TPSA) is 61.8 Å². The lowest BCUT2D eigenvalue weighted by Gasteiger charge is -2.01. The summed E-state index contributed by atoms with van der Waals surface area (Å²) in [5, 5.41) is 23.4. The van der Waals surface area contributed by atoms with Crippen LogP contribution in [0.15, 0.2) is 24.3 Å². The molecule has 4 heteroatoms. The van der Waals surface area contributed by atoms with E-state index in [-0.39, 0.29) is 6.42 Å². The zero-order chi connectivity index (χ0) is 10.8. The molecule has 0 saturated heterocycles. The average Bonchev–Trinajstić information content (AvgIpc) is 2.58. The van der Waals surface area contributed by atoms with Crippen molar-refractivity contribution in [3.63, 3.8) is 0 Å². The van der Waals surface area contributed by atoms with Gasteiger partial charge in [-0.05, 0) is 6.07 Å². The summed E-state index contributed by atoms with van der Waals surface area (Å²) in [7, 11) is 1.82. The smallest absolute Gasteiger partial charge is 0.111 e. The van der Waals surface area contributed by atoms with Crippen LogP contribution in [0.3, 0.4) is 0 Å². The van der Waals surface area contributed by atoms with Gasteiger partial charge >= 0.3 is 0 Å². The second-order valence-electron chi connectivity index (χ2n) is 3.40. The van der Waals surface area contributed by atoms with Crippen molar-refractivity contribution in [1.82, 2.24) is 9.78 Å². The van der Waals surface area contributed by atoms with Gasteiger partial charge in [-0.2, -0.15) is 10.4 Å². The van der Waals surface area contributed by atoms with Crippen LogP contribution in [0.5, 0.6) is 0 Å². The minimum absolute atomic E-state index is 0.0704. The van der Waals surface area contributed by atoms with E-state index in [1.807, 2.05) is 37.4 Å². The third-order valence-electron chi connectivity index (χ3n) is 2.39. The van der Waals surface area contributed by atoms with Gasteiger partial charge in [0, 0.05) is 12.4 Å². The fraction of sp³-hybridized carbons (Fsp3) is 0.273. The highest BCUT2D eigenvalue weighted by Crippen LogP contribution is 2.24. The van der Waals surface area contributed by atoms with Gasteiger partial charge in [0.1, 0.15) is 6.10 Å². The molecule has 0 bridgehead atoms. The summed E-state index contributed by atoms with van der Waals surface area (Å²) >= 11 is 0. The Morgan fingerprint density at radius 1 is 1.53 bits per heavy atom. The number of nitrogens with zero attached hydrogens (tertiary/aromatic N) is 3. The van der Waals surface area contributed by atoms with Crippen LogP contribution in [0.25, 0.3) is 10.9 Å². The van der Waals surface area contributed by atoms with Crippen molar-refractivity contribution in [1.29, 1.82) is 5.26 Å². The highest BCUT2D eigenvalue weighted by Gasteiger charge is 2.15. The van der Waals surface area contributed by atoms with Gasteiger partial charge in [-0.3, -0.25) is 4.68 Å². The molecule has 1 unspecified atom stereocenters. The fourth-order valence-electron chi connectivity index (χ4n) is 1.67. The van der Waals surface area contributed by atoms with Crippen molar-refractivity contribution >= 4 is 10.9 Å². The van der Waals surface area contributed by atoms with E-state index in [1.54, 1.807) is 4.68 Å². The van der Waals surface area contributed by atoms with E-state index >= 15 is 0 Å². The van der Waals surface area contributed by atoms with Crippen LogP contribution in [0.1, 0.15) is 18.2 Å². The Bertz CT molecular complexity index is 524. The van der Waals surface area contributed by atoms with Crippen LogP contribution in [0.2, 0.25) is 0 Å². The Morgan fingerprint density at radius 3 is 3.00 bits per heavy atom. The first-order valence-corrected chi connectivity index (χ1v) is 4.70. The molecule has 1 N–H and O–H groups in total. The van der Waals surface area contributed by atoms with Gasteiger partial charge < -0.3 is 5.11 Å². The molecule has 0 amide bonds. The maximum absolute atomic E-state index is 9.73. The predicted octanol–water partition coefficient (Wildman–Crippen LogP) is 1.52. The molecule has 0 saturated carbocycles. The summed E-state index contributed by atoms with van der Waals surface area (Å²) in [5.74, 6) is 0. The molecule has 15 heavy (non-hydrogen) atoms. The van der Waals surface area contributed by atoms with Gasteiger partial charge in [0.05, 0.1) is 23.7 Å². The Hall–Kier alpha value is -1.86. The number of nitriles is 1. The summed E-state index contributed by atoms with van der Waals surface area (Å²) in [6, 6.07) is 9.59. The Labute approximate surface area is 87.4 Å². The van der Waals surface area contributed by atoms with E-state index in [0.29, 0.717) is 5.69 Å². The summed E-state index contributed by atoms with van der Waals surface area (Å²) in [4.78, 5) is 0. The molecule has 2 aromatic rings. The Kier molecular flexibility index (Phi) is 2.40. The van der Waals surface area contributed by atoms with Crippen molar-refractivity contribution in [3.05, 3.63) is 30.0 Å². The first kappa shape index (κ1) is 9.69. The fourth-order valence-corrected chi connectivity index (χ4v) is 1.67. The Balaban J connectivity index is 2.58. The lowest BCUT2D eigenvalue weighted by atomic mass is 10.1. The molecule has 2 rings (SSSR count). The second-order valence-corrected chi connectivity index (χ2v) is 3.40. The SMILES string of the molecule is Cn1nc(C(O)CC#N)c2ccccc21. The number of para-hydroxylation sites is 1. The summed E-state index contributed by atoms with van der Waals surface area (Å²) in [5.41, 5.74) is 1.54. The molecule has 0 aliphatic heterocycles. The number of aliphatic hydroxyl groups excluding tert-OH is 1. The van der Waals surface area contributed by atoms with Crippen molar-refractivity contribution in [2.75, 3.05) is 0 Å². The highest BCUT2D eigenvalue weighted by molar-refractivity contribution is 5.82.